The highest BCUT2D eigenvalue weighted by molar-refractivity contribution is 5.87. The van der Waals surface area contributed by atoms with Gasteiger partial charge in [-0.15, -0.1) is 0 Å². The zero-order valence-electron chi connectivity index (χ0n) is 15.0. The second-order valence-electron chi connectivity index (χ2n) is 6.98. The molecule has 5 rings (SSSR count). The lowest BCUT2D eigenvalue weighted by atomic mass is 10.0. The van der Waals surface area contributed by atoms with E-state index in [1.807, 2.05) is 42.6 Å². The van der Waals surface area contributed by atoms with Gasteiger partial charge in [-0.05, 0) is 49.4 Å². The van der Waals surface area contributed by atoms with Crippen molar-refractivity contribution in [3.05, 3.63) is 59.9 Å². The van der Waals surface area contributed by atoms with Crippen LogP contribution in [0.15, 0.2) is 48.7 Å². The molecule has 1 saturated heterocycles. The van der Waals surface area contributed by atoms with Crippen LogP contribution in [0, 0.1) is 0 Å². The Morgan fingerprint density at radius 2 is 2.07 bits per heavy atom. The molecule has 6 nitrogen and oxygen atoms in total. The largest absolute Gasteiger partial charge is 0.460 e. The number of rotatable bonds is 2. The van der Waals surface area contributed by atoms with E-state index in [0.717, 1.165) is 55.1 Å². The van der Waals surface area contributed by atoms with E-state index < -0.39 is 6.29 Å². The van der Waals surface area contributed by atoms with E-state index in [1.54, 1.807) is 4.52 Å². The predicted octanol–water partition coefficient (Wildman–Crippen LogP) is 2.39. The second-order valence-corrected chi connectivity index (χ2v) is 6.98. The van der Waals surface area contributed by atoms with Crippen molar-refractivity contribution in [1.82, 2.24) is 14.9 Å². The highest BCUT2D eigenvalue weighted by Crippen LogP contribution is 2.36. The molecule has 3 aromatic rings. The summed E-state index contributed by atoms with van der Waals surface area (Å²) < 4.78 is 7.65. The number of anilines is 1. The molecule has 2 aliphatic rings. The Morgan fingerprint density at radius 3 is 3.00 bits per heavy atom. The maximum absolute atomic E-state index is 10.6. The molecule has 1 atom stereocenters. The molecule has 1 unspecified atom stereocenters. The minimum absolute atomic E-state index is 0.679. The Hall–Kier alpha value is -2.83. The Balaban J connectivity index is 1.49. The third kappa shape index (κ3) is 3.07. The number of hydrogen-bond donors (Lipinski definition) is 2. The van der Waals surface area contributed by atoms with Crippen LogP contribution in [0.5, 0.6) is 5.75 Å². The minimum Gasteiger partial charge on any atom is -0.460 e. The van der Waals surface area contributed by atoms with Gasteiger partial charge in [-0.25, -0.2) is 4.52 Å². The number of ether oxygens (including phenoxy) is 1. The van der Waals surface area contributed by atoms with Crippen LogP contribution in [0.4, 0.5) is 5.69 Å². The summed E-state index contributed by atoms with van der Waals surface area (Å²) in [6, 6.07) is 14.1. The Kier molecular flexibility index (Phi) is 4.07. The number of hydrogen-bond acceptors (Lipinski definition) is 5. The van der Waals surface area contributed by atoms with Crippen LogP contribution in [0.3, 0.4) is 0 Å². The fourth-order valence-corrected chi connectivity index (χ4v) is 3.75. The Bertz CT molecular complexity index is 969. The van der Waals surface area contributed by atoms with Crippen LogP contribution in [-0.2, 0) is 0 Å². The topological polar surface area (TPSA) is 62.0 Å². The first kappa shape index (κ1) is 16.4. The van der Waals surface area contributed by atoms with E-state index in [2.05, 4.69) is 27.4 Å². The standard InChI is InChI=1S/C21H22N4O2/c26-21-18(19-13-17-4-1-2-10-25(17)23-19)12-15-5-6-16(14-20(15)27-21)24-9-3-7-22-8-11-24/h1-2,4-6,10,12-14,21-22,26H,3,7-9,11H2. The molecule has 1 fully saturated rings. The molecule has 2 N–H and O–H groups in total. The lowest BCUT2D eigenvalue weighted by Gasteiger charge is -2.26. The van der Waals surface area contributed by atoms with Crippen molar-refractivity contribution in [2.45, 2.75) is 12.7 Å². The molecule has 0 aliphatic carbocycles. The first-order chi connectivity index (χ1) is 13.3. The molecule has 0 spiro atoms. The second kappa shape index (κ2) is 6.72. The monoisotopic (exact) mass is 362 g/mol. The third-order valence-corrected chi connectivity index (χ3v) is 5.18. The van der Waals surface area contributed by atoms with Gasteiger partial charge in [0.1, 0.15) is 5.75 Å². The van der Waals surface area contributed by atoms with Crippen molar-refractivity contribution in [3.8, 4) is 5.75 Å². The van der Waals surface area contributed by atoms with Crippen LogP contribution in [0.2, 0.25) is 0 Å². The highest BCUT2D eigenvalue weighted by Gasteiger charge is 2.24. The number of aromatic nitrogens is 2. The summed E-state index contributed by atoms with van der Waals surface area (Å²) in [4.78, 5) is 2.36. The fraction of sp³-hybridized carbons (Fsp3) is 0.286. The number of fused-ring (bicyclic) bond motifs is 2. The van der Waals surface area contributed by atoms with Crippen LogP contribution >= 0.6 is 0 Å². The normalized spacial score (nSPS) is 20.0. The number of benzene rings is 1. The van der Waals surface area contributed by atoms with Crippen molar-refractivity contribution in [1.29, 1.82) is 0 Å². The summed E-state index contributed by atoms with van der Waals surface area (Å²) in [6.45, 7) is 4.04. The molecular weight excluding hydrogens is 340 g/mol. The van der Waals surface area contributed by atoms with Gasteiger partial charge in [-0.2, -0.15) is 5.10 Å². The summed E-state index contributed by atoms with van der Waals surface area (Å²) >= 11 is 0. The zero-order valence-corrected chi connectivity index (χ0v) is 15.0. The van der Waals surface area contributed by atoms with E-state index >= 15 is 0 Å². The molecule has 4 heterocycles. The summed E-state index contributed by atoms with van der Waals surface area (Å²) in [5, 5.41) is 18.6. The quantitative estimate of drug-likeness (QED) is 0.733. The van der Waals surface area contributed by atoms with Crippen molar-refractivity contribution < 1.29 is 9.84 Å². The van der Waals surface area contributed by atoms with Crippen molar-refractivity contribution in [3.63, 3.8) is 0 Å². The maximum atomic E-state index is 10.6. The molecule has 138 valence electrons. The fourth-order valence-electron chi connectivity index (χ4n) is 3.75. The number of aliphatic hydroxyl groups excluding tert-OH is 1. The smallest absolute Gasteiger partial charge is 0.226 e. The van der Waals surface area contributed by atoms with E-state index in [0.29, 0.717) is 11.3 Å². The van der Waals surface area contributed by atoms with Gasteiger partial charge in [-0.1, -0.05) is 6.07 Å². The molecule has 1 aromatic carbocycles. The van der Waals surface area contributed by atoms with Crippen molar-refractivity contribution in [2.75, 3.05) is 31.1 Å². The SMILES string of the molecule is OC1Oc2cc(N3CCCNCC3)ccc2C=C1c1cc2ccccn2n1. The Morgan fingerprint density at radius 1 is 1.11 bits per heavy atom. The molecule has 0 radical (unpaired) electrons. The van der Waals surface area contributed by atoms with E-state index in [1.165, 1.54) is 0 Å². The van der Waals surface area contributed by atoms with Crippen LogP contribution in [0.25, 0.3) is 17.2 Å². The molecule has 27 heavy (non-hydrogen) atoms. The van der Waals surface area contributed by atoms with Gasteiger partial charge in [0.05, 0.1) is 11.2 Å². The lowest BCUT2D eigenvalue weighted by molar-refractivity contribution is 0.0318. The highest BCUT2D eigenvalue weighted by atomic mass is 16.6. The molecule has 2 aromatic heterocycles. The van der Waals surface area contributed by atoms with Gasteiger partial charge in [0, 0.05) is 48.7 Å². The lowest BCUT2D eigenvalue weighted by Crippen LogP contribution is -2.28. The van der Waals surface area contributed by atoms with E-state index in [9.17, 15) is 5.11 Å². The molecule has 0 saturated carbocycles. The summed E-state index contributed by atoms with van der Waals surface area (Å²) in [5.41, 5.74) is 4.48. The zero-order chi connectivity index (χ0) is 18.2. The average molecular weight is 362 g/mol. The van der Waals surface area contributed by atoms with Gasteiger partial charge in [0.25, 0.3) is 0 Å². The number of nitrogens with zero attached hydrogens (tertiary/aromatic N) is 3. The maximum Gasteiger partial charge on any atom is 0.226 e. The molecule has 0 bridgehead atoms. The minimum atomic E-state index is -1.02. The van der Waals surface area contributed by atoms with Gasteiger partial charge >= 0.3 is 0 Å². The first-order valence-corrected chi connectivity index (χ1v) is 9.39. The van der Waals surface area contributed by atoms with Crippen molar-refractivity contribution >= 4 is 22.9 Å². The van der Waals surface area contributed by atoms with E-state index in [-0.39, 0.29) is 0 Å². The van der Waals surface area contributed by atoms with Gasteiger partial charge in [-0.3, -0.25) is 0 Å². The average Bonchev–Trinajstić information content (AvgIpc) is 2.92. The van der Waals surface area contributed by atoms with Crippen molar-refractivity contribution in [2.24, 2.45) is 0 Å². The molecule has 6 heteroatoms. The van der Waals surface area contributed by atoms with Gasteiger partial charge in [0.15, 0.2) is 0 Å². The number of nitrogens with one attached hydrogen (secondary N) is 1. The molecule has 0 amide bonds. The molecule has 2 aliphatic heterocycles. The Labute approximate surface area is 157 Å². The van der Waals surface area contributed by atoms with Crippen LogP contribution in [0.1, 0.15) is 17.7 Å². The summed E-state index contributed by atoms with van der Waals surface area (Å²) in [6.07, 6.45) is 3.96. The van der Waals surface area contributed by atoms with Gasteiger partial charge < -0.3 is 20.1 Å². The van der Waals surface area contributed by atoms with Crippen LogP contribution in [-0.4, -0.2) is 47.2 Å². The third-order valence-electron chi connectivity index (χ3n) is 5.18. The number of pyridine rings is 1. The molecular formula is C21H22N4O2. The van der Waals surface area contributed by atoms with E-state index in [4.69, 9.17) is 4.74 Å². The first-order valence-electron chi connectivity index (χ1n) is 9.39. The van der Waals surface area contributed by atoms with Gasteiger partial charge in [0.2, 0.25) is 6.29 Å². The van der Waals surface area contributed by atoms with Crippen LogP contribution < -0.4 is 15.0 Å². The summed E-state index contributed by atoms with van der Waals surface area (Å²) in [5.74, 6) is 0.713. The number of aliphatic hydroxyl groups is 1. The summed E-state index contributed by atoms with van der Waals surface area (Å²) in [7, 11) is 0. The predicted molar refractivity (Wildman–Crippen MR) is 106 cm³/mol.